The molecule has 0 saturated carbocycles. The molecule has 1 aromatic carbocycles. The van der Waals surface area contributed by atoms with Gasteiger partial charge in [-0.1, -0.05) is 0 Å². The first-order valence-electron chi connectivity index (χ1n) is 8.71. The van der Waals surface area contributed by atoms with E-state index >= 15 is 0 Å². The van der Waals surface area contributed by atoms with Crippen LogP contribution in [0.1, 0.15) is 42.4 Å². The SMILES string of the molecule is Cc1nn(C)c(C)c1[C@H](NS(=O)(=O)c1ccc2c(c1)C(C)(C)C(=O)N2)C(F)(F)F. The van der Waals surface area contributed by atoms with Crippen molar-refractivity contribution < 1.29 is 26.4 Å². The largest absolute Gasteiger partial charge is 0.409 e. The van der Waals surface area contributed by atoms with Crippen molar-refractivity contribution >= 4 is 21.6 Å². The number of rotatable bonds is 4. The van der Waals surface area contributed by atoms with Gasteiger partial charge in [0, 0.05) is 24.0 Å². The number of sulfonamides is 1. The molecule has 1 aliphatic rings. The van der Waals surface area contributed by atoms with Crippen molar-refractivity contribution in [2.24, 2.45) is 7.05 Å². The maximum atomic E-state index is 13.8. The van der Waals surface area contributed by atoms with Gasteiger partial charge in [-0.3, -0.25) is 9.48 Å². The molecule has 0 saturated heterocycles. The number of aromatic nitrogens is 2. The summed E-state index contributed by atoms with van der Waals surface area (Å²) in [6.45, 7) is 6.06. The third kappa shape index (κ3) is 3.52. The summed E-state index contributed by atoms with van der Waals surface area (Å²) < 4.78 is 70.1. The number of fused-ring (bicyclic) bond motifs is 1. The van der Waals surface area contributed by atoms with Crippen LogP contribution in [-0.2, 0) is 27.3 Å². The lowest BCUT2D eigenvalue weighted by Gasteiger charge is -2.23. The Labute approximate surface area is 166 Å². The van der Waals surface area contributed by atoms with Crippen LogP contribution in [-0.4, -0.2) is 30.3 Å². The van der Waals surface area contributed by atoms with Crippen LogP contribution in [0, 0.1) is 13.8 Å². The van der Waals surface area contributed by atoms with Crippen molar-refractivity contribution in [2.75, 3.05) is 5.32 Å². The number of benzene rings is 1. The monoisotopic (exact) mass is 430 g/mol. The molecule has 0 spiro atoms. The van der Waals surface area contributed by atoms with Gasteiger partial charge >= 0.3 is 6.18 Å². The van der Waals surface area contributed by atoms with Crippen LogP contribution in [0.3, 0.4) is 0 Å². The number of amides is 1. The first-order valence-corrected chi connectivity index (χ1v) is 10.2. The van der Waals surface area contributed by atoms with E-state index in [4.69, 9.17) is 0 Å². The Morgan fingerprint density at radius 1 is 1.24 bits per heavy atom. The van der Waals surface area contributed by atoms with Gasteiger partial charge in [-0.2, -0.15) is 23.0 Å². The average molecular weight is 430 g/mol. The van der Waals surface area contributed by atoms with Crippen molar-refractivity contribution in [2.45, 2.75) is 50.2 Å². The summed E-state index contributed by atoms with van der Waals surface area (Å²) in [6.07, 6.45) is -4.88. The number of carbonyl (C=O) groups excluding carboxylic acids is 1. The van der Waals surface area contributed by atoms with Crippen LogP contribution >= 0.6 is 0 Å². The first-order chi connectivity index (χ1) is 13.2. The molecule has 29 heavy (non-hydrogen) atoms. The highest BCUT2D eigenvalue weighted by atomic mass is 32.2. The van der Waals surface area contributed by atoms with Gasteiger partial charge in [0.05, 0.1) is 16.0 Å². The third-order valence-corrected chi connectivity index (χ3v) is 6.67. The molecule has 0 unspecified atom stereocenters. The van der Waals surface area contributed by atoms with Gasteiger partial charge in [0.25, 0.3) is 0 Å². The topological polar surface area (TPSA) is 93.1 Å². The third-order valence-electron chi connectivity index (χ3n) is 5.24. The fraction of sp³-hybridized carbons (Fsp3) is 0.444. The minimum absolute atomic E-state index is 0.0832. The van der Waals surface area contributed by atoms with Gasteiger partial charge in [0.1, 0.15) is 6.04 Å². The lowest BCUT2D eigenvalue weighted by Crippen LogP contribution is -2.38. The number of anilines is 1. The Morgan fingerprint density at radius 2 is 1.86 bits per heavy atom. The van der Waals surface area contributed by atoms with Crippen molar-refractivity contribution in [1.82, 2.24) is 14.5 Å². The minimum atomic E-state index is -4.88. The molecule has 2 N–H and O–H groups in total. The second-order valence-corrected chi connectivity index (χ2v) is 9.30. The van der Waals surface area contributed by atoms with Crippen LogP contribution in [0.25, 0.3) is 0 Å². The summed E-state index contributed by atoms with van der Waals surface area (Å²) in [6, 6.07) is 1.31. The molecule has 1 aliphatic heterocycles. The Bertz CT molecular complexity index is 1100. The second kappa shape index (κ2) is 6.56. The number of aryl methyl sites for hydroxylation is 2. The molecule has 3 rings (SSSR count). The highest BCUT2D eigenvalue weighted by molar-refractivity contribution is 7.89. The average Bonchev–Trinajstić information content (AvgIpc) is 2.96. The summed E-state index contributed by atoms with van der Waals surface area (Å²) >= 11 is 0. The van der Waals surface area contributed by atoms with Gasteiger partial charge in [0.15, 0.2) is 0 Å². The Hall–Kier alpha value is -2.40. The summed E-state index contributed by atoms with van der Waals surface area (Å²) in [5.74, 6) is -0.315. The van der Waals surface area contributed by atoms with Crippen molar-refractivity contribution in [1.29, 1.82) is 0 Å². The molecule has 11 heteroatoms. The number of nitrogens with zero attached hydrogens (tertiary/aromatic N) is 2. The van der Waals surface area contributed by atoms with E-state index < -0.39 is 27.7 Å². The maximum absolute atomic E-state index is 13.8. The zero-order valence-electron chi connectivity index (χ0n) is 16.5. The van der Waals surface area contributed by atoms with E-state index in [1.165, 1.54) is 43.8 Å². The van der Waals surface area contributed by atoms with Crippen LogP contribution in [0.4, 0.5) is 18.9 Å². The zero-order valence-corrected chi connectivity index (χ0v) is 17.3. The maximum Gasteiger partial charge on any atom is 0.409 e. The minimum Gasteiger partial charge on any atom is -0.325 e. The van der Waals surface area contributed by atoms with Crippen LogP contribution < -0.4 is 10.0 Å². The molecule has 0 fully saturated rings. The molecule has 158 valence electrons. The van der Waals surface area contributed by atoms with Crippen molar-refractivity contribution in [3.05, 3.63) is 40.7 Å². The predicted molar refractivity (Wildman–Crippen MR) is 99.9 cm³/mol. The Morgan fingerprint density at radius 3 is 2.38 bits per heavy atom. The summed E-state index contributed by atoms with van der Waals surface area (Å²) in [5.41, 5.74) is -0.104. The quantitative estimate of drug-likeness (QED) is 0.780. The van der Waals surface area contributed by atoms with Crippen LogP contribution in [0.2, 0.25) is 0 Å². The molecule has 0 bridgehead atoms. The number of alkyl halides is 3. The number of carbonyl (C=O) groups is 1. The van der Waals surface area contributed by atoms with E-state index in [0.717, 1.165) is 0 Å². The second-order valence-electron chi connectivity index (χ2n) is 7.59. The molecule has 2 aromatic rings. The molecular formula is C18H21F3N4O3S. The summed E-state index contributed by atoms with van der Waals surface area (Å²) in [5, 5.41) is 6.59. The number of nitrogens with one attached hydrogen (secondary N) is 2. The Kier molecular flexibility index (Phi) is 4.82. The molecule has 0 radical (unpaired) electrons. The van der Waals surface area contributed by atoms with Crippen LogP contribution in [0.5, 0.6) is 0 Å². The molecule has 1 amide bonds. The van der Waals surface area contributed by atoms with Gasteiger partial charge in [-0.25, -0.2) is 8.42 Å². The Balaban J connectivity index is 2.06. The van der Waals surface area contributed by atoms with E-state index in [2.05, 4.69) is 10.4 Å². The van der Waals surface area contributed by atoms with Crippen LogP contribution in [0.15, 0.2) is 23.1 Å². The lowest BCUT2D eigenvalue weighted by molar-refractivity contribution is -0.153. The first kappa shape index (κ1) is 21.3. The standard InChI is InChI=1S/C18H21F3N4O3S/c1-9-14(10(2)25(5)23-9)15(18(19,20)21)24-29(27,28)11-6-7-13-12(8-11)17(3,4)16(26)22-13/h6-8,15,24H,1-5H3,(H,22,26)/t15-/m0/s1. The van der Waals surface area contributed by atoms with E-state index in [1.807, 2.05) is 0 Å². The molecule has 0 aliphatic carbocycles. The van der Waals surface area contributed by atoms with Gasteiger partial charge in [0.2, 0.25) is 15.9 Å². The van der Waals surface area contributed by atoms with E-state index in [-0.39, 0.29) is 27.8 Å². The van der Waals surface area contributed by atoms with Gasteiger partial charge < -0.3 is 5.32 Å². The summed E-state index contributed by atoms with van der Waals surface area (Å²) in [7, 11) is -3.06. The fourth-order valence-electron chi connectivity index (χ4n) is 3.44. The van der Waals surface area contributed by atoms with Gasteiger partial charge in [-0.15, -0.1) is 0 Å². The number of hydrogen-bond acceptors (Lipinski definition) is 4. The zero-order chi connectivity index (χ0) is 21.9. The molecule has 1 atom stereocenters. The van der Waals surface area contributed by atoms with E-state index in [9.17, 15) is 26.4 Å². The number of hydrogen-bond donors (Lipinski definition) is 2. The molecule has 1 aromatic heterocycles. The molecular weight excluding hydrogens is 409 g/mol. The summed E-state index contributed by atoms with van der Waals surface area (Å²) in [4.78, 5) is 11.7. The smallest absolute Gasteiger partial charge is 0.325 e. The normalized spacial score (nSPS) is 17.2. The van der Waals surface area contributed by atoms with E-state index in [1.54, 1.807) is 18.6 Å². The van der Waals surface area contributed by atoms with Crippen molar-refractivity contribution in [3.63, 3.8) is 0 Å². The van der Waals surface area contributed by atoms with Gasteiger partial charge in [-0.05, 0) is 51.5 Å². The molecule has 2 heterocycles. The van der Waals surface area contributed by atoms with E-state index in [0.29, 0.717) is 11.3 Å². The molecule has 7 nitrogen and oxygen atoms in total. The predicted octanol–water partition coefficient (Wildman–Crippen LogP) is 2.85. The highest BCUT2D eigenvalue weighted by Gasteiger charge is 2.46. The fourth-order valence-corrected chi connectivity index (χ4v) is 4.66. The highest BCUT2D eigenvalue weighted by Crippen LogP contribution is 2.40. The van der Waals surface area contributed by atoms with Crippen molar-refractivity contribution in [3.8, 4) is 0 Å². The lowest BCUT2D eigenvalue weighted by atomic mass is 9.86. The number of halogens is 3.